The molecule has 0 atom stereocenters. The number of hydrogen-bond acceptors (Lipinski definition) is 5. The molecule has 0 aliphatic carbocycles. The number of thiazole rings is 1. The van der Waals surface area contributed by atoms with Crippen molar-refractivity contribution < 1.29 is 13.9 Å². The number of aromatic nitrogens is 1. The van der Waals surface area contributed by atoms with Crippen molar-refractivity contribution >= 4 is 50.1 Å². The molecule has 0 aliphatic heterocycles. The van der Waals surface area contributed by atoms with E-state index in [1.54, 1.807) is 18.2 Å². The first-order valence-corrected chi connectivity index (χ1v) is 8.51. The van der Waals surface area contributed by atoms with E-state index < -0.39 is 5.97 Å². The largest absolute Gasteiger partial charge is 0.452 e. The van der Waals surface area contributed by atoms with Crippen molar-refractivity contribution in [3.05, 3.63) is 63.8 Å². The topological polar surface area (TPSA) is 52.3 Å². The molecule has 0 N–H and O–H groups in total. The van der Waals surface area contributed by atoms with Crippen LogP contribution in [-0.4, -0.2) is 11.0 Å². The molecule has 0 amide bonds. The number of halogens is 1. The number of esters is 1. The van der Waals surface area contributed by atoms with Crippen LogP contribution in [0.5, 0.6) is 0 Å². The lowest BCUT2D eigenvalue weighted by Crippen LogP contribution is -2.05. The van der Waals surface area contributed by atoms with Crippen molar-refractivity contribution in [2.24, 2.45) is 0 Å². The van der Waals surface area contributed by atoms with Crippen LogP contribution < -0.4 is 0 Å². The van der Waals surface area contributed by atoms with Gasteiger partial charge in [0.2, 0.25) is 5.76 Å². The van der Waals surface area contributed by atoms with Gasteiger partial charge in [0, 0.05) is 16.0 Å². The molecule has 4 rings (SSSR count). The summed E-state index contributed by atoms with van der Waals surface area (Å²) in [6.45, 7) is 1.94. The summed E-state index contributed by atoms with van der Waals surface area (Å²) in [4.78, 5) is 16.8. The van der Waals surface area contributed by atoms with Gasteiger partial charge in [-0.3, -0.25) is 0 Å². The van der Waals surface area contributed by atoms with Crippen LogP contribution >= 0.6 is 22.9 Å². The molecular weight excluding hydrogens is 346 g/mol. The number of rotatable bonds is 3. The fourth-order valence-corrected chi connectivity index (χ4v) is 3.61. The molecule has 4 nitrogen and oxygen atoms in total. The number of benzene rings is 2. The van der Waals surface area contributed by atoms with Gasteiger partial charge in [0.1, 0.15) is 17.2 Å². The summed E-state index contributed by atoms with van der Waals surface area (Å²) in [5.41, 5.74) is 2.24. The number of ether oxygens (including phenoxy) is 1. The van der Waals surface area contributed by atoms with Crippen LogP contribution in [0.1, 0.15) is 21.1 Å². The van der Waals surface area contributed by atoms with Crippen LogP contribution in [0.25, 0.3) is 21.2 Å². The molecule has 0 aliphatic rings. The molecule has 0 spiro atoms. The maximum absolute atomic E-state index is 12.3. The third-order valence-electron chi connectivity index (χ3n) is 3.75. The highest BCUT2D eigenvalue weighted by molar-refractivity contribution is 7.18. The zero-order chi connectivity index (χ0) is 16.7. The highest BCUT2D eigenvalue weighted by atomic mass is 35.5. The first-order chi connectivity index (χ1) is 11.6. The second-order valence-electron chi connectivity index (χ2n) is 5.35. The highest BCUT2D eigenvalue weighted by Crippen LogP contribution is 2.29. The van der Waals surface area contributed by atoms with E-state index >= 15 is 0 Å². The van der Waals surface area contributed by atoms with Crippen molar-refractivity contribution in [3.8, 4) is 0 Å². The normalized spacial score (nSPS) is 11.2. The molecule has 120 valence electrons. The number of para-hydroxylation sites is 1. The number of carbonyl (C=O) groups is 1. The predicted octanol–water partition coefficient (Wildman–Crippen LogP) is 5.36. The lowest BCUT2D eigenvalue weighted by atomic mass is 10.1. The Bertz CT molecular complexity index is 1030. The minimum absolute atomic E-state index is 0.120. The Morgan fingerprint density at radius 1 is 1.29 bits per heavy atom. The molecule has 0 bridgehead atoms. The van der Waals surface area contributed by atoms with E-state index in [-0.39, 0.29) is 12.4 Å². The average Bonchev–Trinajstić information content (AvgIpc) is 3.14. The maximum atomic E-state index is 12.3. The molecule has 0 unspecified atom stereocenters. The number of nitrogens with zero attached hydrogens (tertiary/aromatic N) is 1. The van der Waals surface area contributed by atoms with Gasteiger partial charge in [-0.05, 0) is 37.3 Å². The zero-order valence-electron chi connectivity index (χ0n) is 12.7. The van der Waals surface area contributed by atoms with Crippen LogP contribution in [0.4, 0.5) is 0 Å². The molecule has 0 saturated heterocycles. The fraction of sp³-hybridized carbons (Fsp3) is 0.111. The average molecular weight is 358 g/mol. The zero-order valence-corrected chi connectivity index (χ0v) is 14.3. The minimum atomic E-state index is -0.501. The SMILES string of the molecule is Cc1c(C(=O)OCc2nc3ccccc3s2)oc2ccc(Cl)cc12. The first kappa shape index (κ1) is 15.2. The molecule has 0 fully saturated rings. The smallest absolute Gasteiger partial charge is 0.374 e. The lowest BCUT2D eigenvalue weighted by Gasteiger charge is -2.00. The van der Waals surface area contributed by atoms with Crippen molar-refractivity contribution in [1.29, 1.82) is 0 Å². The Hall–Kier alpha value is -2.37. The van der Waals surface area contributed by atoms with Gasteiger partial charge in [0.25, 0.3) is 0 Å². The summed E-state index contributed by atoms with van der Waals surface area (Å²) in [5, 5.41) is 2.16. The van der Waals surface area contributed by atoms with Gasteiger partial charge in [-0.1, -0.05) is 23.7 Å². The second kappa shape index (κ2) is 5.92. The highest BCUT2D eigenvalue weighted by Gasteiger charge is 2.19. The fourth-order valence-electron chi connectivity index (χ4n) is 2.56. The van der Waals surface area contributed by atoms with E-state index in [1.807, 2.05) is 31.2 Å². The molecular formula is C18H12ClNO3S. The summed E-state index contributed by atoms with van der Waals surface area (Å²) >= 11 is 7.50. The predicted molar refractivity (Wildman–Crippen MR) is 94.7 cm³/mol. The summed E-state index contributed by atoms with van der Waals surface area (Å²) in [6.07, 6.45) is 0. The number of fused-ring (bicyclic) bond motifs is 2. The standard InChI is InChI=1S/C18H12ClNO3S/c1-10-12-8-11(19)6-7-14(12)23-17(10)18(21)22-9-16-20-13-4-2-3-5-15(13)24-16/h2-8H,9H2,1H3. The van der Waals surface area contributed by atoms with E-state index in [2.05, 4.69) is 4.98 Å². The van der Waals surface area contributed by atoms with Crippen molar-refractivity contribution in [2.75, 3.05) is 0 Å². The van der Waals surface area contributed by atoms with Crippen LogP contribution in [0.15, 0.2) is 46.9 Å². The minimum Gasteiger partial charge on any atom is -0.452 e. The molecule has 4 aromatic rings. The van der Waals surface area contributed by atoms with Gasteiger partial charge in [0.05, 0.1) is 10.2 Å². The van der Waals surface area contributed by atoms with E-state index in [0.717, 1.165) is 26.2 Å². The van der Waals surface area contributed by atoms with Crippen molar-refractivity contribution in [1.82, 2.24) is 4.98 Å². The van der Waals surface area contributed by atoms with E-state index in [4.69, 9.17) is 20.8 Å². The molecule has 0 saturated carbocycles. The van der Waals surface area contributed by atoms with Gasteiger partial charge in [-0.2, -0.15) is 0 Å². The van der Waals surface area contributed by atoms with Gasteiger partial charge in [0.15, 0.2) is 0 Å². The molecule has 2 aromatic carbocycles. The molecule has 2 heterocycles. The Kier molecular flexibility index (Phi) is 3.75. The van der Waals surface area contributed by atoms with E-state index in [1.165, 1.54) is 11.3 Å². The summed E-state index contributed by atoms with van der Waals surface area (Å²) in [5.74, 6) is -0.299. The number of carbonyl (C=O) groups excluding carboxylic acids is 1. The lowest BCUT2D eigenvalue weighted by molar-refractivity contribution is 0.0437. The number of hydrogen-bond donors (Lipinski definition) is 0. The number of aryl methyl sites for hydroxylation is 1. The molecule has 0 radical (unpaired) electrons. The summed E-state index contributed by atoms with van der Waals surface area (Å²) in [7, 11) is 0. The van der Waals surface area contributed by atoms with E-state index in [9.17, 15) is 4.79 Å². The van der Waals surface area contributed by atoms with E-state index in [0.29, 0.717) is 10.6 Å². The Labute approximate surface area is 146 Å². The maximum Gasteiger partial charge on any atom is 0.374 e. The van der Waals surface area contributed by atoms with Crippen LogP contribution in [0.2, 0.25) is 5.02 Å². The van der Waals surface area contributed by atoms with Crippen molar-refractivity contribution in [2.45, 2.75) is 13.5 Å². The van der Waals surface area contributed by atoms with Gasteiger partial charge in [-0.25, -0.2) is 9.78 Å². The van der Waals surface area contributed by atoms with Gasteiger partial charge in [-0.15, -0.1) is 11.3 Å². The molecule has 6 heteroatoms. The van der Waals surface area contributed by atoms with Gasteiger partial charge >= 0.3 is 5.97 Å². The molecule has 2 aromatic heterocycles. The number of furan rings is 1. The Morgan fingerprint density at radius 2 is 2.12 bits per heavy atom. The Balaban J connectivity index is 1.56. The summed E-state index contributed by atoms with van der Waals surface area (Å²) < 4.78 is 12.0. The third kappa shape index (κ3) is 2.66. The summed E-state index contributed by atoms with van der Waals surface area (Å²) in [6, 6.07) is 13.1. The monoisotopic (exact) mass is 357 g/mol. The van der Waals surface area contributed by atoms with Crippen LogP contribution in [0, 0.1) is 6.92 Å². The van der Waals surface area contributed by atoms with Crippen LogP contribution in [-0.2, 0) is 11.3 Å². The first-order valence-electron chi connectivity index (χ1n) is 7.32. The quantitative estimate of drug-likeness (QED) is 0.463. The third-order valence-corrected chi connectivity index (χ3v) is 4.99. The van der Waals surface area contributed by atoms with Crippen molar-refractivity contribution in [3.63, 3.8) is 0 Å². The molecule has 24 heavy (non-hydrogen) atoms. The van der Waals surface area contributed by atoms with Gasteiger partial charge < -0.3 is 9.15 Å². The second-order valence-corrected chi connectivity index (χ2v) is 6.90. The Morgan fingerprint density at radius 3 is 2.96 bits per heavy atom. The van der Waals surface area contributed by atoms with Crippen LogP contribution in [0.3, 0.4) is 0 Å².